The molecule has 0 unspecified atom stereocenters. The number of unbranched alkanes of at least 4 members (excludes halogenated alkanes) is 1. The van der Waals surface area contributed by atoms with Crippen molar-refractivity contribution in [2.24, 2.45) is 22.7 Å². The maximum absolute atomic E-state index is 13.3. The maximum atomic E-state index is 13.3. The van der Waals surface area contributed by atoms with Gasteiger partial charge in [0.25, 0.3) is 0 Å². The Labute approximate surface area is 201 Å². The van der Waals surface area contributed by atoms with Crippen LogP contribution in [0.25, 0.3) is 11.3 Å². The Morgan fingerprint density at radius 3 is 2.53 bits per heavy atom. The molecule has 8 nitrogen and oxygen atoms in total. The van der Waals surface area contributed by atoms with E-state index in [9.17, 15) is 4.79 Å². The van der Waals surface area contributed by atoms with Crippen LogP contribution in [0.1, 0.15) is 63.3 Å². The zero-order chi connectivity index (χ0) is 24.5. The number of rotatable bonds is 11. The van der Waals surface area contributed by atoms with Gasteiger partial charge in [-0.25, -0.2) is 10.6 Å². The molecule has 0 aliphatic heterocycles. The third-order valence-corrected chi connectivity index (χ3v) is 6.41. The minimum Gasteiger partial charge on any atom is -0.321 e. The number of hydrogen-bond acceptors (Lipinski definition) is 5. The van der Waals surface area contributed by atoms with Gasteiger partial charge in [-0.1, -0.05) is 70.4 Å². The first kappa shape index (κ1) is 25.2. The number of pyridine rings is 1. The SMILES string of the molecule is CCCCc1cn(CC(CC)CC)c(=O)n1Cc1ccc(-c2ccccc2/C(=N/N)NN)nc1. The molecule has 2 heterocycles. The highest BCUT2D eigenvalue weighted by atomic mass is 16.1. The Hall–Kier alpha value is -3.39. The lowest BCUT2D eigenvalue weighted by atomic mass is 10.0. The number of imidazole rings is 1. The topological polar surface area (TPSA) is 116 Å². The smallest absolute Gasteiger partial charge is 0.321 e. The van der Waals surface area contributed by atoms with Crippen molar-refractivity contribution < 1.29 is 0 Å². The van der Waals surface area contributed by atoms with E-state index in [0.717, 1.165) is 66.7 Å². The summed E-state index contributed by atoms with van der Waals surface area (Å²) in [5, 5.41) is 3.73. The molecule has 34 heavy (non-hydrogen) atoms. The number of aryl methyl sites for hydroxylation is 1. The van der Waals surface area contributed by atoms with E-state index in [2.05, 4.69) is 42.5 Å². The quantitative estimate of drug-likeness (QED) is 0.174. The number of hydrazone groups is 1. The van der Waals surface area contributed by atoms with E-state index in [-0.39, 0.29) is 5.69 Å². The Morgan fingerprint density at radius 2 is 1.91 bits per heavy atom. The van der Waals surface area contributed by atoms with Gasteiger partial charge in [-0.05, 0) is 30.4 Å². The fourth-order valence-electron chi connectivity index (χ4n) is 4.22. The largest absolute Gasteiger partial charge is 0.328 e. The second kappa shape index (κ2) is 12.2. The zero-order valence-corrected chi connectivity index (χ0v) is 20.5. The molecule has 182 valence electrons. The first-order chi connectivity index (χ1) is 16.6. The molecule has 0 fully saturated rings. The zero-order valence-electron chi connectivity index (χ0n) is 20.5. The van der Waals surface area contributed by atoms with Crippen molar-refractivity contribution in [2.45, 2.75) is 66.0 Å². The first-order valence-electron chi connectivity index (χ1n) is 12.1. The summed E-state index contributed by atoms with van der Waals surface area (Å²) in [4.78, 5) is 17.9. The molecule has 2 aromatic heterocycles. The van der Waals surface area contributed by atoms with Crippen LogP contribution in [-0.2, 0) is 19.5 Å². The molecule has 8 heteroatoms. The normalized spacial score (nSPS) is 11.9. The molecule has 0 saturated heterocycles. The number of nitrogens with two attached hydrogens (primary N) is 2. The van der Waals surface area contributed by atoms with E-state index in [1.54, 1.807) is 0 Å². The average molecular weight is 464 g/mol. The van der Waals surface area contributed by atoms with Crippen molar-refractivity contribution >= 4 is 5.84 Å². The van der Waals surface area contributed by atoms with Gasteiger partial charge in [0.15, 0.2) is 5.84 Å². The third-order valence-electron chi connectivity index (χ3n) is 6.41. The predicted molar refractivity (Wildman–Crippen MR) is 138 cm³/mol. The highest BCUT2D eigenvalue weighted by molar-refractivity contribution is 6.03. The monoisotopic (exact) mass is 463 g/mol. The van der Waals surface area contributed by atoms with Crippen LogP contribution in [0.2, 0.25) is 0 Å². The maximum Gasteiger partial charge on any atom is 0.328 e. The van der Waals surface area contributed by atoms with Gasteiger partial charge >= 0.3 is 5.69 Å². The minimum atomic E-state index is 0.0604. The van der Waals surface area contributed by atoms with E-state index in [0.29, 0.717) is 18.3 Å². The third kappa shape index (κ3) is 5.75. The lowest BCUT2D eigenvalue weighted by Gasteiger charge is -2.12. The molecule has 0 atom stereocenters. The van der Waals surface area contributed by atoms with Crippen LogP contribution in [-0.4, -0.2) is 20.0 Å². The molecule has 3 rings (SSSR count). The summed E-state index contributed by atoms with van der Waals surface area (Å²) in [6.07, 6.45) is 9.07. The molecule has 0 aliphatic rings. The Morgan fingerprint density at radius 1 is 1.15 bits per heavy atom. The van der Waals surface area contributed by atoms with Crippen molar-refractivity contribution in [3.63, 3.8) is 0 Å². The van der Waals surface area contributed by atoms with E-state index < -0.39 is 0 Å². The van der Waals surface area contributed by atoms with Crippen molar-refractivity contribution in [2.75, 3.05) is 0 Å². The lowest BCUT2D eigenvalue weighted by molar-refractivity contribution is 0.409. The van der Waals surface area contributed by atoms with Crippen LogP contribution in [0.3, 0.4) is 0 Å². The molecule has 0 bridgehead atoms. The molecule has 0 aliphatic carbocycles. The number of benzene rings is 1. The summed E-state index contributed by atoms with van der Waals surface area (Å²) < 4.78 is 3.80. The van der Waals surface area contributed by atoms with E-state index >= 15 is 0 Å². The van der Waals surface area contributed by atoms with E-state index in [1.807, 2.05) is 51.7 Å². The standard InChI is InChI=1S/C26H37N7O/c1-4-7-10-21-18-32(16-19(5-2)6-3)26(34)33(21)17-20-13-14-24(29-15-20)22-11-8-9-12-23(22)25(30-27)31-28/h8-9,11-15,18-19H,4-7,10,16-17,27-28H2,1-3H3,(H,30,31). The summed E-state index contributed by atoms with van der Waals surface area (Å²) in [7, 11) is 0. The second-order valence-corrected chi connectivity index (χ2v) is 8.65. The van der Waals surface area contributed by atoms with Gasteiger partial charge in [0.05, 0.1) is 12.2 Å². The van der Waals surface area contributed by atoms with Gasteiger partial charge < -0.3 is 11.3 Å². The highest BCUT2D eigenvalue weighted by Gasteiger charge is 2.15. The van der Waals surface area contributed by atoms with Crippen LogP contribution in [0.5, 0.6) is 0 Å². The van der Waals surface area contributed by atoms with Gasteiger partial charge in [-0.3, -0.25) is 14.1 Å². The fourth-order valence-corrected chi connectivity index (χ4v) is 4.22. The summed E-state index contributed by atoms with van der Waals surface area (Å²) in [5.74, 6) is 11.9. The molecule has 0 radical (unpaired) electrons. The number of hydrazine groups is 1. The molecular weight excluding hydrogens is 426 g/mol. The van der Waals surface area contributed by atoms with Gasteiger partial charge in [-0.2, -0.15) is 5.10 Å². The van der Waals surface area contributed by atoms with Crippen molar-refractivity contribution in [1.29, 1.82) is 0 Å². The highest BCUT2D eigenvalue weighted by Crippen LogP contribution is 2.22. The number of aromatic nitrogens is 3. The van der Waals surface area contributed by atoms with Crippen LogP contribution in [0, 0.1) is 5.92 Å². The Balaban J connectivity index is 1.90. The van der Waals surface area contributed by atoms with Crippen LogP contribution in [0.4, 0.5) is 0 Å². The van der Waals surface area contributed by atoms with Gasteiger partial charge in [-0.15, -0.1) is 0 Å². The fraction of sp³-hybridized carbons (Fsp3) is 0.423. The van der Waals surface area contributed by atoms with Gasteiger partial charge in [0, 0.05) is 35.8 Å². The lowest BCUT2D eigenvalue weighted by Crippen LogP contribution is -2.32. The van der Waals surface area contributed by atoms with Crippen LogP contribution in [0.15, 0.2) is 58.7 Å². The number of hydrogen-bond donors (Lipinski definition) is 3. The Kier molecular flexibility index (Phi) is 9.04. The van der Waals surface area contributed by atoms with Crippen molar-refractivity contribution in [3.05, 3.63) is 76.1 Å². The van der Waals surface area contributed by atoms with Crippen LogP contribution < -0.4 is 22.8 Å². The van der Waals surface area contributed by atoms with Gasteiger partial charge in [0.2, 0.25) is 0 Å². The Bertz CT molecular complexity index is 1140. The molecular formula is C26H37N7O. The summed E-state index contributed by atoms with van der Waals surface area (Å²) in [6, 6.07) is 11.6. The molecule has 5 N–H and O–H groups in total. The molecule has 0 amide bonds. The minimum absolute atomic E-state index is 0.0604. The van der Waals surface area contributed by atoms with Crippen LogP contribution >= 0.6 is 0 Å². The summed E-state index contributed by atoms with van der Waals surface area (Å²) in [5.41, 5.74) is 7.07. The van der Waals surface area contributed by atoms with E-state index in [1.165, 1.54) is 0 Å². The molecule has 0 spiro atoms. The first-order valence-corrected chi connectivity index (χ1v) is 12.1. The number of nitrogens with zero attached hydrogens (tertiary/aromatic N) is 4. The molecule has 0 saturated carbocycles. The van der Waals surface area contributed by atoms with Gasteiger partial charge in [0.1, 0.15) is 0 Å². The predicted octanol–water partition coefficient (Wildman–Crippen LogP) is 3.62. The molecule has 1 aromatic carbocycles. The second-order valence-electron chi connectivity index (χ2n) is 8.65. The molecule has 3 aromatic rings. The average Bonchev–Trinajstić information content (AvgIpc) is 3.16. The number of nitrogens with one attached hydrogen (secondary N) is 1. The van der Waals surface area contributed by atoms with Crippen molar-refractivity contribution in [3.8, 4) is 11.3 Å². The summed E-state index contributed by atoms with van der Waals surface area (Å²) in [6.45, 7) is 7.82. The van der Waals surface area contributed by atoms with Crippen molar-refractivity contribution in [1.82, 2.24) is 19.5 Å². The number of amidine groups is 1. The van der Waals surface area contributed by atoms with E-state index in [4.69, 9.17) is 11.7 Å². The summed E-state index contributed by atoms with van der Waals surface area (Å²) >= 11 is 0.